The first-order chi connectivity index (χ1) is 9.88. The lowest BCUT2D eigenvalue weighted by atomic mass is 10.1. The van der Waals surface area contributed by atoms with Crippen LogP contribution in [0.15, 0.2) is 24.3 Å². The Balaban J connectivity index is 2.31. The molecule has 1 rings (SSSR count). The van der Waals surface area contributed by atoms with Crippen LogP contribution in [0.5, 0.6) is 0 Å². The highest BCUT2D eigenvalue weighted by Crippen LogP contribution is 2.09. The zero-order valence-electron chi connectivity index (χ0n) is 12.1. The minimum absolute atomic E-state index is 0.0388. The van der Waals surface area contributed by atoms with Gasteiger partial charge in [0.2, 0.25) is 11.8 Å². The topological polar surface area (TPSA) is 75.3 Å². The second-order valence-electron chi connectivity index (χ2n) is 4.93. The number of nitrogens with one attached hydrogen (secondary N) is 2. The van der Waals surface area contributed by atoms with Crippen molar-refractivity contribution in [1.29, 1.82) is 0 Å². The molecular formula is C15H19IN2O3. The first-order valence-corrected chi connectivity index (χ1v) is 7.81. The summed E-state index contributed by atoms with van der Waals surface area (Å²) in [5.74, 6) is -0.608. The number of carbonyl (C=O) groups is 3. The van der Waals surface area contributed by atoms with Crippen LogP contribution in [0.1, 0.15) is 37.0 Å². The summed E-state index contributed by atoms with van der Waals surface area (Å²) in [4.78, 5) is 34.8. The summed E-state index contributed by atoms with van der Waals surface area (Å²) in [6, 6.07) is 7.24. The molecule has 0 saturated carbocycles. The van der Waals surface area contributed by atoms with Gasteiger partial charge in [-0.05, 0) is 48.6 Å². The first kappa shape index (κ1) is 17.6. The number of halogens is 1. The van der Waals surface area contributed by atoms with E-state index in [4.69, 9.17) is 0 Å². The quantitative estimate of drug-likeness (QED) is 0.541. The Morgan fingerprint density at radius 1 is 1.05 bits per heavy atom. The van der Waals surface area contributed by atoms with Crippen molar-refractivity contribution in [3.63, 3.8) is 0 Å². The van der Waals surface area contributed by atoms with Gasteiger partial charge >= 0.3 is 0 Å². The maximum atomic E-state index is 11.9. The Labute approximate surface area is 138 Å². The Morgan fingerprint density at radius 2 is 1.67 bits per heavy atom. The molecule has 0 saturated heterocycles. The molecule has 0 fully saturated rings. The van der Waals surface area contributed by atoms with Crippen LogP contribution in [0.25, 0.3) is 0 Å². The number of benzene rings is 1. The van der Waals surface area contributed by atoms with Gasteiger partial charge in [0.25, 0.3) is 0 Å². The fraction of sp³-hybridized carbons (Fsp3) is 0.400. The molecule has 0 spiro atoms. The van der Waals surface area contributed by atoms with Crippen LogP contribution in [0.4, 0.5) is 0 Å². The van der Waals surface area contributed by atoms with Gasteiger partial charge in [-0.3, -0.25) is 14.4 Å². The second-order valence-corrected chi connectivity index (χ2v) is 6.17. The molecule has 1 aromatic rings. The highest BCUT2D eigenvalue weighted by atomic mass is 127. The van der Waals surface area contributed by atoms with Gasteiger partial charge in [-0.2, -0.15) is 0 Å². The minimum atomic E-state index is -0.298. The average molecular weight is 402 g/mol. The van der Waals surface area contributed by atoms with Crippen molar-refractivity contribution < 1.29 is 14.4 Å². The molecule has 2 N–H and O–H groups in total. The molecule has 0 aliphatic rings. The monoisotopic (exact) mass is 402 g/mol. The van der Waals surface area contributed by atoms with Crippen LogP contribution in [-0.2, 0) is 9.59 Å². The summed E-state index contributed by atoms with van der Waals surface area (Å²) in [5.41, 5.74) is 0.598. The smallest absolute Gasteiger partial charge is 0.239 e. The molecule has 0 atom stereocenters. The van der Waals surface area contributed by atoms with Gasteiger partial charge in [-0.15, -0.1) is 0 Å². The Bertz CT molecular complexity index is 512. The van der Waals surface area contributed by atoms with Crippen molar-refractivity contribution in [3.8, 4) is 0 Å². The van der Waals surface area contributed by atoms with E-state index in [9.17, 15) is 14.4 Å². The first-order valence-electron chi connectivity index (χ1n) is 6.73. The largest absolute Gasteiger partial charge is 0.352 e. The number of Topliss-reactive ketones (excluding diaryl/α,β-unsaturated/α-hetero) is 1. The van der Waals surface area contributed by atoms with E-state index < -0.39 is 0 Å². The highest BCUT2D eigenvalue weighted by molar-refractivity contribution is 14.1. The molecule has 0 unspecified atom stereocenters. The summed E-state index contributed by atoms with van der Waals surface area (Å²) in [7, 11) is 0. The summed E-state index contributed by atoms with van der Waals surface area (Å²) in [6.45, 7) is 3.63. The number of rotatable bonds is 7. The van der Waals surface area contributed by atoms with Gasteiger partial charge in [-0.1, -0.05) is 12.1 Å². The van der Waals surface area contributed by atoms with Crippen molar-refractivity contribution in [3.05, 3.63) is 33.4 Å². The third-order valence-corrected chi connectivity index (χ3v) is 3.36. The molecular weight excluding hydrogens is 383 g/mol. The maximum absolute atomic E-state index is 11.9. The predicted octanol–water partition coefficient (Wildman–Crippen LogP) is 1.89. The molecule has 0 bridgehead atoms. The van der Waals surface area contributed by atoms with Gasteiger partial charge in [0, 0.05) is 28.0 Å². The Kier molecular flexibility index (Phi) is 7.35. The van der Waals surface area contributed by atoms with E-state index in [-0.39, 0.29) is 43.0 Å². The third kappa shape index (κ3) is 7.22. The van der Waals surface area contributed by atoms with Crippen molar-refractivity contribution in [2.45, 2.75) is 32.7 Å². The van der Waals surface area contributed by atoms with Crippen molar-refractivity contribution in [1.82, 2.24) is 10.6 Å². The zero-order chi connectivity index (χ0) is 15.8. The van der Waals surface area contributed by atoms with E-state index in [0.717, 1.165) is 3.57 Å². The lowest BCUT2D eigenvalue weighted by molar-refractivity contribution is -0.126. The van der Waals surface area contributed by atoms with E-state index >= 15 is 0 Å². The van der Waals surface area contributed by atoms with E-state index in [1.165, 1.54) is 0 Å². The van der Waals surface area contributed by atoms with Gasteiger partial charge in [0.1, 0.15) is 0 Å². The number of ketones is 1. The lowest BCUT2D eigenvalue weighted by Gasteiger charge is -2.09. The molecule has 2 amide bonds. The fourth-order valence-electron chi connectivity index (χ4n) is 1.65. The van der Waals surface area contributed by atoms with Crippen LogP contribution in [0.2, 0.25) is 0 Å². The van der Waals surface area contributed by atoms with E-state index in [1.54, 1.807) is 12.1 Å². The third-order valence-electron chi connectivity index (χ3n) is 2.64. The van der Waals surface area contributed by atoms with Crippen molar-refractivity contribution in [2.75, 3.05) is 6.54 Å². The summed E-state index contributed by atoms with van der Waals surface area (Å²) >= 11 is 2.16. The number of hydrogen-bond acceptors (Lipinski definition) is 3. The van der Waals surface area contributed by atoms with Gasteiger partial charge in [0.05, 0.1) is 6.54 Å². The molecule has 1 aromatic carbocycles. The van der Waals surface area contributed by atoms with E-state index in [0.29, 0.717) is 5.56 Å². The highest BCUT2D eigenvalue weighted by Gasteiger charge is 2.10. The van der Waals surface area contributed by atoms with Crippen molar-refractivity contribution in [2.24, 2.45) is 0 Å². The van der Waals surface area contributed by atoms with Crippen LogP contribution in [0, 0.1) is 3.57 Å². The molecule has 0 aliphatic heterocycles. The number of amides is 2. The molecule has 5 nitrogen and oxygen atoms in total. The molecule has 21 heavy (non-hydrogen) atoms. The molecule has 0 aliphatic carbocycles. The standard InChI is InChI=1S/C15H19IN2O3/c1-10(2)18-15(21)9-17-14(20)8-7-13(19)11-3-5-12(16)6-4-11/h3-6,10H,7-9H2,1-2H3,(H,17,20)(H,18,21). The van der Waals surface area contributed by atoms with Gasteiger partial charge < -0.3 is 10.6 Å². The SMILES string of the molecule is CC(C)NC(=O)CNC(=O)CCC(=O)c1ccc(I)cc1. The Morgan fingerprint density at radius 3 is 2.24 bits per heavy atom. The van der Waals surface area contributed by atoms with Gasteiger partial charge in [0.15, 0.2) is 5.78 Å². The van der Waals surface area contributed by atoms with Crippen LogP contribution < -0.4 is 10.6 Å². The lowest BCUT2D eigenvalue weighted by Crippen LogP contribution is -2.39. The number of carbonyl (C=O) groups excluding carboxylic acids is 3. The summed E-state index contributed by atoms with van der Waals surface area (Å²) < 4.78 is 1.05. The summed E-state index contributed by atoms with van der Waals surface area (Å²) in [6.07, 6.45) is 0.220. The zero-order valence-corrected chi connectivity index (χ0v) is 14.3. The molecule has 114 valence electrons. The fourth-order valence-corrected chi connectivity index (χ4v) is 2.01. The van der Waals surface area contributed by atoms with Crippen LogP contribution >= 0.6 is 22.6 Å². The molecule has 0 radical (unpaired) electrons. The van der Waals surface area contributed by atoms with E-state index in [1.807, 2.05) is 26.0 Å². The van der Waals surface area contributed by atoms with Crippen LogP contribution in [-0.4, -0.2) is 30.2 Å². The maximum Gasteiger partial charge on any atom is 0.239 e. The second kappa shape index (κ2) is 8.76. The predicted molar refractivity (Wildman–Crippen MR) is 89.0 cm³/mol. The minimum Gasteiger partial charge on any atom is -0.352 e. The average Bonchev–Trinajstić information content (AvgIpc) is 2.42. The molecule has 6 heteroatoms. The molecule has 0 aromatic heterocycles. The Hall–Kier alpha value is -1.44. The normalized spacial score (nSPS) is 10.3. The van der Waals surface area contributed by atoms with Crippen LogP contribution in [0.3, 0.4) is 0 Å². The van der Waals surface area contributed by atoms with E-state index in [2.05, 4.69) is 33.2 Å². The molecule has 0 heterocycles. The van der Waals surface area contributed by atoms with Crippen molar-refractivity contribution >= 4 is 40.2 Å². The number of hydrogen-bond donors (Lipinski definition) is 2. The van der Waals surface area contributed by atoms with Gasteiger partial charge in [-0.25, -0.2) is 0 Å². The summed E-state index contributed by atoms with van der Waals surface area (Å²) in [5, 5.41) is 5.17.